The lowest BCUT2D eigenvalue weighted by Crippen LogP contribution is -2.18. The zero-order valence-electron chi connectivity index (χ0n) is 12.7. The molecule has 18 heavy (non-hydrogen) atoms. The minimum Gasteiger partial charge on any atom is -0.316 e. The summed E-state index contributed by atoms with van der Waals surface area (Å²) >= 11 is 0. The molecule has 0 saturated heterocycles. The monoisotopic (exact) mass is 251 g/mol. The first-order chi connectivity index (χ1) is 8.60. The van der Waals surface area contributed by atoms with Gasteiger partial charge in [-0.25, -0.2) is 0 Å². The number of rotatable bonds is 8. The number of nitrogens with zero attached hydrogens (tertiary/aromatic N) is 2. The van der Waals surface area contributed by atoms with Crippen molar-refractivity contribution in [2.45, 2.75) is 60.4 Å². The van der Waals surface area contributed by atoms with E-state index in [1.165, 1.54) is 29.8 Å². The quantitative estimate of drug-likeness (QED) is 0.720. The molecule has 1 atom stereocenters. The fourth-order valence-corrected chi connectivity index (χ4v) is 2.21. The Bertz CT molecular complexity index is 355. The Hall–Kier alpha value is -0.830. The van der Waals surface area contributed by atoms with Crippen LogP contribution in [0.5, 0.6) is 0 Å². The predicted octanol–water partition coefficient (Wildman–Crippen LogP) is 3.09. The fraction of sp³-hybridized carbons (Fsp3) is 0.800. The highest BCUT2D eigenvalue weighted by atomic mass is 15.3. The second kappa shape index (κ2) is 7.57. The van der Waals surface area contributed by atoms with E-state index in [9.17, 15) is 0 Å². The van der Waals surface area contributed by atoms with Gasteiger partial charge in [-0.2, -0.15) is 5.10 Å². The van der Waals surface area contributed by atoms with Crippen LogP contribution in [0.2, 0.25) is 0 Å². The van der Waals surface area contributed by atoms with E-state index in [1.54, 1.807) is 0 Å². The van der Waals surface area contributed by atoms with Gasteiger partial charge in [0.25, 0.3) is 0 Å². The Morgan fingerprint density at radius 1 is 1.22 bits per heavy atom. The number of aromatic nitrogens is 2. The molecule has 0 fully saturated rings. The highest BCUT2D eigenvalue weighted by Crippen LogP contribution is 2.15. The minimum atomic E-state index is 0.703. The van der Waals surface area contributed by atoms with E-state index < -0.39 is 0 Å². The summed E-state index contributed by atoms with van der Waals surface area (Å²) in [5.74, 6) is 0.703. The third kappa shape index (κ3) is 4.13. The summed E-state index contributed by atoms with van der Waals surface area (Å²) in [6.07, 6.45) is 3.51. The van der Waals surface area contributed by atoms with Gasteiger partial charge in [0, 0.05) is 12.2 Å². The molecule has 1 unspecified atom stereocenters. The van der Waals surface area contributed by atoms with Crippen molar-refractivity contribution in [2.75, 3.05) is 13.1 Å². The van der Waals surface area contributed by atoms with Crippen LogP contribution < -0.4 is 5.32 Å². The molecule has 0 amide bonds. The summed E-state index contributed by atoms with van der Waals surface area (Å²) in [5.41, 5.74) is 3.99. The molecule has 0 bridgehead atoms. The maximum Gasteiger partial charge on any atom is 0.0628 e. The zero-order chi connectivity index (χ0) is 13.5. The largest absolute Gasteiger partial charge is 0.316 e. The van der Waals surface area contributed by atoms with Gasteiger partial charge in [-0.3, -0.25) is 4.68 Å². The summed E-state index contributed by atoms with van der Waals surface area (Å²) in [5, 5.41) is 8.15. The second-order valence-corrected chi connectivity index (χ2v) is 5.34. The van der Waals surface area contributed by atoms with E-state index in [0.717, 1.165) is 26.1 Å². The molecule has 3 heteroatoms. The van der Waals surface area contributed by atoms with Gasteiger partial charge in [0.2, 0.25) is 0 Å². The van der Waals surface area contributed by atoms with Crippen molar-refractivity contribution < 1.29 is 0 Å². The van der Waals surface area contributed by atoms with Crippen LogP contribution in [0.25, 0.3) is 0 Å². The van der Waals surface area contributed by atoms with Crippen LogP contribution in [0.4, 0.5) is 0 Å². The topological polar surface area (TPSA) is 29.9 Å². The maximum absolute atomic E-state index is 4.69. The lowest BCUT2D eigenvalue weighted by atomic mass is 10.1. The molecular formula is C15H29N3. The summed E-state index contributed by atoms with van der Waals surface area (Å²) in [6.45, 7) is 14.3. The van der Waals surface area contributed by atoms with E-state index in [4.69, 9.17) is 0 Å². The molecule has 1 rings (SSSR count). The van der Waals surface area contributed by atoms with Crippen LogP contribution in [-0.4, -0.2) is 22.9 Å². The normalized spacial score (nSPS) is 12.9. The van der Waals surface area contributed by atoms with Crippen molar-refractivity contribution in [1.29, 1.82) is 0 Å². The van der Waals surface area contributed by atoms with Gasteiger partial charge in [-0.1, -0.05) is 27.2 Å². The number of nitrogens with one attached hydrogen (secondary N) is 1. The third-order valence-corrected chi connectivity index (χ3v) is 3.69. The third-order valence-electron chi connectivity index (χ3n) is 3.69. The van der Waals surface area contributed by atoms with Gasteiger partial charge >= 0.3 is 0 Å². The minimum absolute atomic E-state index is 0.703. The van der Waals surface area contributed by atoms with Gasteiger partial charge in [0.1, 0.15) is 0 Å². The number of hydrogen-bond acceptors (Lipinski definition) is 2. The smallest absolute Gasteiger partial charge is 0.0628 e. The highest BCUT2D eigenvalue weighted by Gasteiger charge is 2.12. The lowest BCUT2D eigenvalue weighted by molar-refractivity contribution is 0.431. The molecule has 0 aromatic carbocycles. The Morgan fingerprint density at radius 2 is 1.94 bits per heavy atom. The fourth-order valence-electron chi connectivity index (χ4n) is 2.21. The first kappa shape index (κ1) is 15.2. The predicted molar refractivity (Wildman–Crippen MR) is 78.0 cm³/mol. The summed E-state index contributed by atoms with van der Waals surface area (Å²) < 4.78 is 2.19. The molecule has 0 aliphatic rings. The van der Waals surface area contributed by atoms with Crippen molar-refractivity contribution in [1.82, 2.24) is 15.1 Å². The summed E-state index contributed by atoms with van der Waals surface area (Å²) in [4.78, 5) is 0. The van der Waals surface area contributed by atoms with E-state index >= 15 is 0 Å². The molecule has 3 nitrogen and oxygen atoms in total. The summed E-state index contributed by atoms with van der Waals surface area (Å²) in [7, 11) is 0. The van der Waals surface area contributed by atoms with Crippen LogP contribution in [-0.2, 0) is 13.0 Å². The van der Waals surface area contributed by atoms with Crippen LogP contribution in [0.15, 0.2) is 0 Å². The van der Waals surface area contributed by atoms with E-state index in [2.05, 4.69) is 49.7 Å². The number of aryl methyl sites for hydroxylation is 1. The molecular weight excluding hydrogens is 222 g/mol. The second-order valence-electron chi connectivity index (χ2n) is 5.34. The van der Waals surface area contributed by atoms with Gasteiger partial charge in [-0.05, 0) is 51.3 Å². The van der Waals surface area contributed by atoms with Gasteiger partial charge in [0.15, 0.2) is 0 Å². The van der Waals surface area contributed by atoms with Crippen LogP contribution in [0.3, 0.4) is 0 Å². The average Bonchev–Trinajstić information content (AvgIpc) is 2.61. The van der Waals surface area contributed by atoms with Gasteiger partial charge < -0.3 is 5.32 Å². The van der Waals surface area contributed by atoms with E-state index in [-0.39, 0.29) is 0 Å². The Labute approximate surface area is 112 Å². The molecule has 1 aromatic heterocycles. The van der Waals surface area contributed by atoms with Crippen molar-refractivity contribution in [3.05, 3.63) is 17.0 Å². The highest BCUT2D eigenvalue weighted by molar-refractivity contribution is 5.24. The van der Waals surface area contributed by atoms with Crippen molar-refractivity contribution in [2.24, 2.45) is 5.92 Å². The Morgan fingerprint density at radius 3 is 2.56 bits per heavy atom. The van der Waals surface area contributed by atoms with Crippen molar-refractivity contribution in [3.8, 4) is 0 Å². The number of hydrogen-bond donors (Lipinski definition) is 1. The standard InChI is InChI=1S/C15H29N3/c1-6-9-16-10-8-15-13(4)17-18(14(15)5)11-12(3)7-2/h12,16H,6-11H2,1-5H3. The molecule has 104 valence electrons. The average molecular weight is 251 g/mol. The SMILES string of the molecule is CCCNCCc1c(C)nn(CC(C)CC)c1C. The lowest BCUT2D eigenvalue weighted by Gasteiger charge is -2.10. The Kier molecular flexibility index (Phi) is 6.41. The molecule has 1 heterocycles. The first-order valence-electron chi connectivity index (χ1n) is 7.33. The molecule has 1 aromatic rings. The molecule has 0 aliphatic carbocycles. The van der Waals surface area contributed by atoms with Gasteiger partial charge in [-0.15, -0.1) is 0 Å². The Balaban J connectivity index is 2.62. The molecule has 0 spiro atoms. The van der Waals surface area contributed by atoms with Gasteiger partial charge in [0.05, 0.1) is 5.69 Å². The molecule has 1 N–H and O–H groups in total. The zero-order valence-corrected chi connectivity index (χ0v) is 12.7. The molecule has 0 radical (unpaired) electrons. The van der Waals surface area contributed by atoms with Crippen LogP contribution in [0.1, 0.15) is 50.6 Å². The van der Waals surface area contributed by atoms with Crippen LogP contribution in [0, 0.1) is 19.8 Å². The van der Waals surface area contributed by atoms with E-state index in [0.29, 0.717) is 5.92 Å². The first-order valence-corrected chi connectivity index (χ1v) is 7.33. The molecule has 0 saturated carbocycles. The van der Waals surface area contributed by atoms with Crippen molar-refractivity contribution >= 4 is 0 Å². The van der Waals surface area contributed by atoms with Crippen LogP contribution >= 0.6 is 0 Å². The summed E-state index contributed by atoms with van der Waals surface area (Å²) in [6, 6.07) is 0. The van der Waals surface area contributed by atoms with E-state index in [1.807, 2.05) is 0 Å². The maximum atomic E-state index is 4.69. The molecule has 0 aliphatic heterocycles. The van der Waals surface area contributed by atoms with Crippen molar-refractivity contribution in [3.63, 3.8) is 0 Å².